The lowest BCUT2D eigenvalue weighted by molar-refractivity contribution is 0.216. The molecule has 9 heteroatoms. The van der Waals surface area contributed by atoms with Gasteiger partial charge in [0.05, 0.1) is 12.2 Å². The van der Waals surface area contributed by atoms with Gasteiger partial charge in [0.15, 0.2) is 5.82 Å². The molecule has 0 fully saturated rings. The van der Waals surface area contributed by atoms with Gasteiger partial charge in [-0.15, -0.1) is 0 Å². The zero-order chi connectivity index (χ0) is 18.1. The van der Waals surface area contributed by atoms with E-state index in [-0.39, 0.29) is 0 Å². The second kappa shape index (κ2) is 6.60. The zero-order valence-electron chi connectivity index (χ0n) is 13.7. The van der Waals surface area contributed by atoms with Crippen LogP contribution in [0.15, 0.2) is 52.4 Å². The standard InChI is InChI=1S/C17H16N4O4S/c22-26(23,24)16-4-3-14(25-16)11-21-7-5-15-13(10-21)9-19-17(20-15)12-2-1-6-18-8-12/h1-4,6,8-9H,5,7,10-11H2,(H,22,23,24). The largest absolute Gasteiger partial charge is 0.446 e. The Labute approximate surface area is 150 Å². The molecule has 0 saturated carbocycles. The van der Waals surface area contributed by atoms with Crippen molar-refractivity contribution in [1.82, 2.24) is 19.9 Å². The lowest BCUT2D eigenvalue weighted by Crippen LogP contribution is -2.30. The van der Waals surface area contributed by atoms with Crippen LogP contribution in [0.25, 0.3) is 11.4 Å². The first-order valence-electron chi connectivity index (χ1n) is 8.03. The van der Waals surface area contributed by atoms with E-state index in [0.29, 0.717) is 24.7 Å². The van der Waals surface area contributed by atoms with Gasteiger partial charge in [-0.2, -0.15) is 8.42 Å². The van der Waals surface area contributed by atoms with Gasteiger partial charge in [-0.25, -0.2) is 9.97 Å². The van der Waals surface area contributed by atoms with Gasteiger partial charge in [0, 0.05) is 49.2 Å². The molecule has 134 valence electrons. The number of rotatable bonds is 4. The molecule has 0 bridgehead atoms. The van der Waals surface area contributed by atoms with Crippen molar-refractivity contribution in [3.8, 4) is 11.4 Å². The molecule has 0 aromatic carbocycles. The number of fused-ring (bicyclic) bond motifs is 1. The molecular formula is C17H16N4O4S. The van der Waals surface area contributed by atoms with Crippen LogP contribution in [0.2, 0.25) is 0 Å². The fraction of sp³-hybridized carbons (Fsp3) is 0.235. The molecule has 4 rings (SSSR count). The van der Waals surface area contributed by atoms with Crippen molar-refractivity contribution < 1.29 is 17.4 Å². The summed E-state index contributed by atoms with van der Waals surface area (Å²) < 4.78 is 36.4. The Morgan fingerprint density at radius 3 is 2.85 bits per heavy atom. The number of pyridine rings is 1. The predicted octanol–water partition coefficient (Wildman–Crippen LogP) is 1.94. The second-order valence-electron chi connectivity index (χ2n) is 6.06. The van der Waals surface area contributed by atoms with Gasteiger partial charge in [-0.05, 0) is 24.3 Å². The molecule has 1 aliphatic heterocycles. The first-order valence-corrected chi connectivity index (χ1v) is 9.47. The average molecular weight is 372 g/mol. The van der Waals surface area contributed by atoms with Crippen molar-refractivity contribution in [2.24, 2.45) is 0 Å². The third-order valence-corrected chi connectivity index (χ3v) is 4.93. The number of nitrogens with zero attached hydrogens (tertiary/aromatic N) is 4. The van der Waals surface area contributed by atoms with Crippen LogP contribution in [0.4, 0.5) is 0 Å². The summed E-state index contributed by atoms with van der Waals surface area (Å²) in [7, 11) is -4.31. The molecule has 0 atom stereocenters. The summed E-state index contributed by atoms with van der Waals surface area (Å²) in [6, 6.07) is 6.59. The third kappa shape index (κ3) is 3.50. The van der Waals surface area contributed by atoms with Crippen molar-refractivity contribution in [2.45, 2.75) is 24.6 Å². The van der Waals surface area contributed by atoms with Crippen LogP contribution >= 0.6 is 0 Å². The summed E-state index contributed by atoms with van der Waals surface area (Å²) >= 11 is 0. The molecule has 0 aliphatic carbocycles. The predicted molar refractivity (Wildman–Crippen MR) is 91.6 cm³/mol. The quantitative estimate of drug-likeness (QED) is 0.692. The minimum Gasteiger partial charge on any atom is -0.446 e. The summed E-state index contributed by atoms with van der Waals surface area (Å²) in [6.07, 6.45) is 6.03. The van der Waals surface area contributed by atoms with Gasteiger partial charge in [0.1, 0.15) is 5.76 Å². The Bertz CT molecular complexity index is 1030. The van der Waals surface area contributed by atoms with E-state index in [1.165, 1.54) is 6.07 Å². The monoisotopic (exact) mass is 372 g/mol. The fourth-order valence-electron chi connectivity index (χ4n) is 2.95. The van der Waals surface area contributed by atoms with Crippen LogP contribution in [0.1, 0.15) is 17.0 Å². The van der Waals surface area contributed by atoms with Crippen molar-refractivity contribution in [1.29, 1.82) is 0 Å². The molecule has 3 aromatic rings. The molecule has 0 radical (unpaired) electrons. The van der Waals surface area contributed by atoms with Crippen LogP contribution in [0, 0.1) is 0 Å². The Hall–Kier alpha value is -2.62. The number of hydrogen-bond donors (Lipinski definition) is 1. The maximum Gasteiger partial charge on any atom is 0.328 e. The van der Waals surface area contributed by atoms with Crippen molar-refractivity contribution in [3.05, 3.63) is 59.9 Å². The SMILES string of the molecule is O=S(=O)(O)c1ccc(CN2CCc3nc(-c4cccnc4)ncc3C2)o1. The minimum absolute atomic E-state index is 0.436. The number of aromatic nitrogens is 3. The minimum atomic E-state index is -4.31. The highest BCUT2D eigenvalue weighted by atomic mass is 32.2. The average Bonchev–Trinajstić information content (AvgIpc) is 3.11. The Morgan fingerprint density at radius 2 is 2.12 bits per heavy atom. The van der Waals surface area contributed by atoms with Gasteiger partial charge >= 0.3 is 10.1 Å². The highest BCUT2D eigenvalue weighted by molar-refractivity contribution is 7.85. The van der Waals surface area contributed by atoms with E-state index in [1.54, 1.807) is 18.5 Å². The molecule has 0 unspecified atom stereocenters. The summed E-state index contributed by atoms with van der Waals surface area (Å²) in [4.78, 5) is 15.3. The maximum absolute atomic E-state index is 11.1. The Morgan fingerprint density at radius 1 is 1.23 bits per heavy atom. The zero-order valence-corrected chi connectivity index (χ0v) is 14.6. The Balaban J connectivity index is 1.49. The fourth-order valence-corrected chi connectivity index (χ4v) is 3.40. The van der Waals surface area contributed by atoms with Gasteiger partial charge in [0.2, 0.25) is 5.09 Å². The van der Waals surface area contributed by atoms with E-state index in [0.717, 1.165) is 29.8 Å². The first kappa shape index (κ1) is 16.8. The highest BCUT2D eigenvalue weighted by Crippen LogP contribution is 2.23. The highest BCUT2D eigenvalue weighted by Gasteiger charge is 2.21. The van der Waals surface area contributed by atoms with Gasteiger partial charge in [0.25, 0.3) is 0 Å². The number of hydrogen-bond acceptors (Lipinski definition) is 7. The van der Waals surface area contributed by atoms with Crippen LogP contribution in [0.3, 0.4) is 0 Å². The molecule has 1 N–H and O–H groups in total. The van der Waals surface area contributed by atoms with E-state index in [1.807, 2.05) is 18.3 Å². The van der Waals surface area contributed by atoms with E-state index in [4.69, 9.17) is 8.97 Å². The first-order chi connectivity index (χ1) is 12.5. The molecule has 4 heterocycles. The maximum atomic E-state index is 11.1. The van der Waals surface area contributed by atoms with Crippen molar-refractivity contribution in [3.63, 3.8) is 0 Å². The van der Waals surface area contributed by atoms with Crippen LogP contribution < -0.4 is 0 Å². The summed E-state index contributed by atoms with van der Waals surface area (Å²) in [6.45, 7) is 1.85. The normalized spacial score (nSPS) is 15.0. The van der Waals surface area contributed by atoms with E-state index in [2.05, 4.69) is 19.9 Å². The molecule has 8 nitrogen and oxygen atoms in total. The summed E-state index contributed by atoms with van der Waals surface area (Å²) in [5.74, 6) is 1.14. The van der Waals surface area contributed by atoms with Gasteiger partial charge in [-0.3, -0.25) is 14.4 Å². The molecular weight excluding hydrogens is 356 g/mol. The molecule has 3 aromatic heterocycles. The lowest BCUT2D eigenvalue weighted by Gasteiger charge is -2.27. The summed E-state index contributed by atoms with van der Waals surface area (Å²) in [5, 5.41) is -0.436. The second-order valence-corrected chi connectivity index (χ2v) is 7.42. The van der Waals surface area contributed by atoms with Gasteiger partial charge in [-0.1, -0.05) is 0 Å². The van der Waals surface area contributed by atoms with Crippen molar-refractivity contribution >= 4 is 10.1 Å². The van der Waals surface area contributed by atoms with Crippen LogP contribution in [-0.2, 0) is 29.6 Å². The molecule has 0 amide bonds. The smallest absolute Gasteiger partial charge is 0.328 e. The Kier molecular flexibility index (Phi) is 4.27. The van der Waals surface area contributed by atoms with E-state index < -0.39 is 15.2 Å². The van der Waals surface area contributed by atoms with Crippen LogP contribution in [0.5, 0.6) is 0 Å². The third-order valence-electron chi connectivity index (χ3n) is 4.20. The number of furan rings is 1. The molecule has 0 saturated heterocycles. The molecule has 26 heavy (non-hydrogen) atoms. The molecule has 0 spiro atoms. The lowest BCUT2D eigenvalue weighted by atomic mass is 10.1. The molecule has 1 aliphatic rings. The topological polar surface area (TPSA) is 109 Å². The van der Waals surface area contributed by atoms with Gasteiger partial charge < -0.3 is 4.42 Å². The van der Waals surface area contributed by atoms with Crippen molar-refractivity contribution in [2.75, 3.05) is 6.54 Å². The van der Waals surface area contributed by atoms with Crippen LogP contribution in [-0.4, -0.2) is 39.4 Å². The van der Waals surface area contributed by atoms with E-state index >= 15 is 0 Å². The van der Waals surface area contributed by atoms with E-state index in [9.17, 15) is 8.42 Å². The summed E-state index contributed by atoms with van der Waals surface area (Å²) in [5.41, 5.74) is 2.92.